The summed E-state index contributed by atoms with van der Waals surface area (Å²) >= 11 is 0. The van der Waals surface area contributed by atoms with E-state index >= 15 is 0 Å². The van der Waals surface area contributed by atoms with Crippen LogP contribution < -0.4 is 10.5 Å². The minimum atomic E-state index is -0.409. The average molecular weight is 179 g/mol. The number of ether oxygens (including phenoxy) is 1. The van der Waals surface area contributed by atoms with Gasteiger partial charge >= 0.3 is 0 Å². The predicted molar refractivity (Wildman–Crippen MR) is 50.7 cm³/mol. The lowest BCUT2D eigenvalue weighted by Crippen LogP contribution is -2.23. The third kappa shape index (κ3) is 2.87. The second kappa shape index (κ2) is 4.62. The van der Waals surface area contributed by atoms with Gasteiger partial charge < -0.3 is 15.3 Å². The van der Waals surface area contributed by atoms with E-state index in [0.717, 1.165) is 17.6 Å². The van der Waals surface area contributed by atoms with Gasteiger partial charge in [0, 0.05) is 0 Å². The molecule has 0 radical (unpaired) electrons. The monoisotopic (exact) mass is 179 g/mol. The summed E-state index contributed by atoms with van der Waals surface area (Å²) in [6.45, 7) is 0. The third-order valence-electron chi connectivity index (χ3n) is 1.81. The number of benzene rings is 1. The average Bonchev–Trinajstić information content (AvgIpc) is 2.19. The lowest BCUT2D eigenvalue weighted by atomic mass is 10.1. The molecule has 0 saturated heterocycles. The normalized spacial score (nSPS) is 12.2. The highest BCUT2D eigenvalue weighted by atomic mass is 16.5. The van der Waals surface area contributed by atoms with Gasteiger partial charge in [-0.2, -0.15) is 0 Å². The van der Waals surface area contributed by atoms with Crippen molar-refractivity contribution in [3.63, 3.8) is 0 Å². The summed E-state index contributed by atoms with van der Waals surface area (Å²) in [5.41, 5.74) is 6.52. The molecule has 70 valence electrons. The molecule has 0 aliphatic carbocycles. The zero-order valence-corrected chi connectivity index (χ0v) is 7.57. The Balaban J connectivity index is 2.63. The first kappa shape index (κ1) is 9.74. The molecule has 0 bridgehead atoms. The van der Waals surface area contributed by atoms with Crippen LogP contribution in [0.5, 0.6) is 5.75 Å². The Morgan fingerprint density at radius 1 is 1.46 bits per heavy atom. The van der Waals surface area contributed by atoms with Crippen molar-refractivity contribution in [2.45, 2.75) is 12.5 Å². The number of methoxy groups -OCH3 is 1. The molecule has 13 heavy (non-hydrogen) atoms. The maximum atomic E-state index is 10.3. The number of carbonyl (C=O) groups is 1. The first-order chi connectivity index (χ1) is 6.26. The van der Waals surface area contributed by atoms with Gasteiger partial charge in [-0.1, -0.05) is 12.1 Å². The highest BCUT2D eigenvalue weighted by Gasteiger charge is 2.01. The van der Waals surface area contributed by atoms with Gasteiger partial charge in [-0.05, 0) is 24.1 Å². The molecule has 2 N–H and O–H groups in total. The van der Waals surface area contributed by atoms with Crippen LogP contribution in [-0.4, -0.2) is 19.4 Å². The fourth-order valence-corrected chi connectivity index (χ4v) is 1.08. The van der Waals surface area contributed by atoms with E-state index in [-0.39, 0.29) is 0 Å². The first-order valence-electron chi connectivity index (χ1n) is 4.10. The van der Waals surface area contributed by atoms with Crippen LogP contribution in [0.4, 0.5) is 0 Å². The molecule has 0 amide bonds. The molecule has 3 heteroatoms. The van der Waals surface area contributed by atoms with Crippen LogP contribution in [0.15, 0.2) is 24.3 Å². The molecule has 1 aromatic carbocycles. The maximum absolute atomic E-state index is 10.3. The quantitative estimate of drug-likeness (QED) is 0.694. The van der Waals surface area contributed by atoms with Gasteiger partial charge in [-0.15, -0.1) is 0 Å². The number of carbonyl (C=O) groups excluding carboxylic acids is 1. The van der Waals surface area contributed by atoms with E-state index in [1.165, 1.54) is 0 Å². The van der Waals surface area contributed by atoms with E-state index in [1.54, 1.807) is 7.11 Å². The van der Waals surface area contributed by atoms with Crippen molar-refractivity contribution in [2.24, 2.45) is 5.73 Å². The molecule has 0 unspecified atom stereocenters. The zero-order chi connectivity index (χ0) is 9.68. The molecule has 0 aliphatic heterocycles. The van der Waals surface area contributed by atoms with Crippen molar-refractivity contribution in [2.75, 3.05) is 7.11 Å². The maximum Gasteiger partial charge on any atom is 0.137 e. The Morgan fingerprint density at radius 2 is 2.08 bits per heavy atom. The fourth-order valence-electron chi connectivity index (χ4n) is 1.08. The smallest absolute Gasteiger partial charge is 0.137 e. The van der Waals surface area contributed by atoms with Gasteiger partial charge in [0.25, 0.3) is 0 Å². The minimum Gasteiger partial charge on any atom is -0.497 e. The van der Waals surface area contributed by atoms with Gasteiger partial charge in [-0.25, -0.2) is 0 Å². The molecule has 1 rings (SSSR count). The van der Waals surface area contributed by atoms with Crippen LogP contribution in [0.2, 0.25) is 0 Å². The van der Waals surface area contributed by atoms with Gasteiger partial charge in [0.1, 0.15) is 12.0 Å². The number of nitrogens with two attached hydrogens (primary N) is 1. The summed E-state index contributed by atoms with van der Waals surface area (Å²) in [6.07, 6.45) is 1.33. The predicted octanol–water partition coefficient (Wildman–Crippen LogP) is 0.764. The summed E-state index contributed by atoms with van der Waals surface area (Å²) in [4.78, 5) is 10.3. The van der Waals surface area contributed by atoms with Crippen molar-refractivity contribution in [3.05, 3.63) is 29.8 Å². The van der Waals surface area contributed by atoms with Crippen molar-refractivity contribution >= 4 is 6.29 Å². The molecule has 1 atom stereocenters. The largest absolute Gasteiger partial charge is 0.497 e. The molecular weight excluding hydrogens is 166 g/mol. The number of hydrogen-bond donors (Lipinski definition) is 1. The van der Waals surface area contributed by atoms with E-state index in [9.17, 15) is 4.79 Å². The Labute approximate surface area is 77.5 Å². The summed E-state index contributed by atoms with van der Waals surface area (Å²) in [5, 5.41) is 0. The standard InChI is InChI=1S/C10H13NO2/c1-13-10-4-2-8(3-5-10)6-9(11)7-12/h2-5,7,9H,6,11H2,1H3/t9-/m0/s1. The Kier molecular flexibility index (Phi) is 3.46. The van der Waals surface area contributed by atoms with Crippen LogP contribution in [0.25, 0.3) is 0 Å². The van der Waals surface area contributed by atoms with Gasteiger partial charge in [0.05, 0.1) is 13.2 Å². The van der Waals surface area contributed by atoms with Gasteiger partial charge in [0.15, 0.2) is 0 Å². The van der Waals surface area contributed by atoms with E-state index in [0.29, 0.717) is 6.42 Å². The second-order valence-corrected chi connectivity index (χ2v) is 2.85. The number of aldehydes is 1. The van der Waals surface area contributed by atoms with E-state index < -0.39 is 6.04 Å². The summed E-state index contributed by atoms with van der Waals surface area (Å²) in [5.74, 6) is 0.809. The highest BCUT2D eigenvalue weighted by molar-refractivity contribution is 5.57. The van der Waals surface area contributed by atoms with E-state index in [4.69, 9.17) is 10.5 Å². The minimum absolute atomic E-state index is 0.409. The molecule has 0 spiro atoms. The molecule has 0 fully saturated rings. The van der Waals surface area contributed by atoms with Gasteiger partial charge in [0.2, 0.25) is 0 Å². The van der Waals surface area contributed by atoms with Crippen molar-refractivity contribution in [1.29, 1.82) is 0 Å². The van der Waals surface area contributed by atoms with Crippen molar-refractivity contribution < 1.29 is 9.53 Å². The second-order valence-electron chi connectivity index (χ2n) is 2.85. The molecule has 3 nitrogen and oxygen atoms in total. The van der Waals surface area contributed by atoms with Crippen LogP contribution in [0, 0.1) is 0 Å². The molecule has 0 aromatic heterocycles. The summed E-state index contributed by atoms with van der Waals surface area (Å²) < 4.78 is 5.00. The van der Waals surface area contributed by atoms with Crippen LogP contribution in [0.1, 0.15) is 5.56 Å². The zero-order valence-electron chi connectivity index (χ0n) is 7.57. The molecule has 0 heterocycles. The third-order valence-corrected chi connectivity index (χ3v) is 1.81. The van der Waals surface area contributed by atoms with Crippen molar-refractivity contribution in [1.82, 2.24) is 0 Å². The lowest BCUT2D eigenvalue weighted by molar-refractivity contribution is -0.108. The van der Waals surface area contributed by atoms with E-state index in [2.05, 4.69) is 0 Å². The topological polar surface area (TPSA) is 52.3 Å². The van der Waals surface area contributed by atoms with Crippen LogP contribution in [0.3, 0.4) is 0 Å². The number of rotatable bonds is 4. The highest BCUT2D eigenvalue weighted by Crippen LogP contribution is 2.11. The molecular formula is C10H13NO2. The Morgan fingerprint density at radius 3 is 2.54 bits per heavy atom. The SMILES string of the molecule is COc1ccc(C[C@H](N)C=O)cc1. The molecule has 0 saturated carbocycles. The molecule has 1 aromatic rings. The lowest BCUT2D eigenvalue weighted by Gasteiger charge is -2.04. The summed E-state index contributed by atoms with van der Waals surface area (Å²) in [6, 6.07) is 7.11. The summed E-state index contributed by atoms with van der Waals surface area (Å²) in [7, 11) is 1.62. The fraction of sp³-hybridized carbons (Fsp3) is 0.300. The van der Waals surface area contributed by atoms with Crippen molar-refractivity contribution in [3.8, 4) is 5.75 Å². The molecule has 0 aliphatic rings. The van der Waals surface area contributed by atoms with E-state index in [1.807, 2.05) is 24.3 Å². The van der Waals surface area contributed by atoms with Crippen LogP contribution in [-0.2, 0) is 11.2 Å². The first-order valence-corrected chi connectivity index (χ1v) is 4.10. The number of hydrogen-bond acceptors (Lipinski definition) is 3. The Hall–Kier alpha value is -1.35. The van der Waals surface area contributed by atoms with Gasteiger partial charge in [-0.3, -0.25) is 0 Å². The van der Waals surface area contributed by atoms with Crippen LogP contribution >= 0.6 is 0 Å². The Bertz CT molecular complexity index is 269.